The summed E-state index contributed by atoms with van der Waals surface area (Å²) in [5.41, 5.74) is 9.16. The Hall–Kier alpha value is -4.70. The van der Waals surface area contributed by atoms with Crippen molar-refractivity contribution in [2.45, 2.75) is 52.5 Å². The Morgan fingerprint density at radius 3 is 1.27 bits per heavy atom. The van der Waals surface area contributed by atoms with Gasteiger partial charge in [0.2, 0.25) is 0 Å². The molecule has 0 heterocycles. The van der Waals surface area contributed by atoms with Gasteiger partial charge in [0.05, 0.1) is 14.2 Å². The molecule has 0 aliphatic rings. The van der Waals surface area contributed by atoms with Crippen molar-refractivity contribution in [1.29, 1.82) is 0 Å². The van der Waals surface area contributed by atoms with E-state index in [1.807, 2.05) is 24.3 Å². The van der Waals surface area contributed by atoms with Crippen LogP contribution in [-0.2, 0) is 5.41 Å². The van der Waals surface area contributed by atoms with Crippen LogP contribution in [0.15, 0.2) is 121 Å². The minimum absolute atomic E-state index is 0.0492. The first-order valence-corrected chi connectivity index (χ1v) is 15.2. The number of benzene rings is 5. The molecule has 5 rings (SSSR count). The lowest BCUT2D eigenvalue weighted by atomic mass is 9.87. The summed E-state index contributed by atoms with van der Waals surface area (Å²) in [5, 5.41) is 0. The second kappa shape index (κ2) is 12.5. The minimum atomic E-state index is -0.104. The largest absolute Gasteiger partial charge is 0.497 e. The van der Waals surface area contributed by atoms with Crippen molar-refractivity contribution in [3.63, 3.8) is 0 Å². The minimum Gasteiger partial charge on any atom is -0.497 e. The molecule has 0 atom stereocenters. The number of rotatable bonds is 8. The summed E-state index contributed by atoms with van der Waals surface area (Å²) >= 11 is 0. The summed E-state index contributed by atoms with van der Waals surface area (Å²) in [6, 6.07) is 43.0. The van der Waals surface area contributed by atoms with Gasteiger partial charge in [-0.2, -0.15) is 0 Å². The van der Waals surface area contributed by atoms with Crippen LogP contribution in [0.5, 0.6) is 11.5 Å². The molecule has 4 nitrogen and oxygen atoms in total. The fourth-order valence-electron chi connectivity index (χ4n) is 5.55. The van der Waals surface area contributed by atoms with Gasteiger partial charge in [0.25, 0.3) is 0 Å². The number of hydrogen-bond acceptors (Lipinski definition) is 4. The van der Waals surface area contributed by atoms with Crippen LogP contribution >= 0.6 is 0 Å². The van der Waals surface area contributed by atoms with Crippen LogP contribution in [0.3, 0.4) is 0 Å². The lowest BCUT2D eigenvalue weighted by Gasteiger charge is -2.38. The summed E-state index contributed by atoms with van der Waals surface area (Å²) in [4.78, 5) is 4.66. The van der Waals surface area contributed by atoms with E-state index in [4.69, 9.17) is 9.47 Å². The third-order valence-electron chi connectivity index (χ3n) is 7.89. The van der Waals surface area contributed by atoms with Crippen LogP contribution in [0.25, 0.3) is 11.1 Å². The average molecular weight is 585 g/mol. The van der Waals surface area contributed by atoms with Crippen LogP contribution in [-0.4, -0.2) is 19.8 Å². The third kappa shape index (κ3) is 6.75. The van der Waals surface area contributed by atoms with Crippen LogP contribution in [0.2, 0.25) is 0 Å². The van der Waals surface area contributed by atoms with Crippen LogP contribution < -0.4 is 19.3 Å². The molecule has 0 radical (unpaired) electrons. The highest BCUT2D eigenvalue weighted by molar-refractivity contribution is 5.79. The predicted octanol–water partition coefficient (Wildman–Crippen LogP) is 11.1. The standard InChI is InChI=1S/C40H44N2O2/c1-39(2,3)31-10-9-11-36(28-31)41(33-20-24-37(43-7)25-21-33)32-16-12-29(13-17-32)30-14-18-34(19-15-30)42(40(4,5)6)35-22-26-38(44-8)27-23-35/h9-28H,1-8H3. The molecule has 5 aromatic rings. The van der Waals surface area contributed by atoms with Crippen molar-refractivity contribution in [2.75, 3.05) is 24.0 Å². The maximum atomic E-state index is 5.44. The molecule has 0 aromatic heterocycles. The summed E-state index contributed by atoms with van der Waals surface area (Å²) in [7, 11) is 3.40. The monoisotopic (exact) mass is 584 g/mol. The summed E-state index contributed by atoms with van der Waals surface area (Å²) in [5.74, 6) is 1.70. The molecule has 0 N–H and O–H groups in total. The van der Waals surface area contributed by atoms with Gasteiger partial charge in [-0.1, -0.05) is 57.2 Å². The quantitative estimate of drug-likeness (QED) is 0.181. The molecule has 5 aromatic carbocycles. The first-order valence-electron chi connectivity index (χ1n) is 15.2. The van der Waals surface area contributed by atoms with Gasteiger partial charge in [0, 0.05) is 34.0 Å². The maximum Gasteiger partial charge on any atom is 0.119 e. The van der Waals surface area contributed by atoms with Crippen molar-refractivity contribution < 1.29 is 9.47 Å². The topological polar surface area (TPSA) is 24.9 Å². The summed E-state index contributed by atoms with van der Waals surface area (Å²) in [6.07, 6.45) is 0. The Labute approximate surface area is 263 Å². The van der Waals surface area contributed by atoms with Gasteiger partial charge < -0.3 is 19.3 Å². The van der Waals surface area contributed by atoms with E-state index in [-0.39, 0.29) is 11.0 Å². The van der Waals surface area contributed by atoms with Crippen molar-refractivity contribution in [3.05, 3.63) is 127 Å². The zero-order chi connectivity index (χ0) is 31.5. The van der Waals surface area contributed by atoms with Crippen LogP contribution in [0.4, 0.5) is 28.4 Å². The fourth-order valence-corrected chi connectivity index (χ4v) is 5.55. The van der Waals surface area contributed by atoms with E-state index in [0.29, 0.717) is 0 Å². The molecule has 44 heavy (non-hydrogen) atoms. The number of nitrogens with zero attached hydrogens (tertiary/aromatic N) is 2. The van der Waals surface area contributed by atoms with E-state index in [1.165, 1.54) is 16.7 Å². The van der Waals surface area contributed by atoms with Crippen molar-refractivity contribution in [2.24, 2.45) is 0 Å². The van der Waals surface area contributed by atoms with Gasteiger partial charge in [0.1, 0.15) is 11.5 Å². The number of methoxy groups -OCH3 is 2. The molecular weight excluding hydrogens is 540 g/mol. The van der Waals surface area contributed by atoms with Crippen molar-refractivity contribution in [1.82, 2.24) is 0 Å². The van der Waals surface area contributed by atoms with Crippen LogP contribution in [0, 0.1) is 0 Å². The van der Waals surface area contributed by atoms with Gasteiger partial charge in [0.15, 0.2) is 0 Å². The lowest BCUT2D eigenvalue weighted by molar-refractivity contribution is 0.414. The highest BCUT2D eigenvalue weighted by atomic mass is 16.5. The van der Waals surface area contributed by atoms with E-state index in [2.05, 4.69) is 148 Å². The van der Waals surface area contributed by atoms with E-state index < -0.39 is 0 Å². The Balaban J connectivity index is 1.47. The third-order valence-corrected chi connectivity index (χ3v) is 7.89. The Morgan fingerprint density at radius 1 is 0.455 bits per heavy atom. The Bertz CT molecular complexity index is 1660. The van der Waals surface area contributed by atoms with E-state index in [1.54, 1.807) is 14.2 Å². The van der Waals surface area contributed by atoms with Crippen molar-refractivity contribution >= 4 is 28.4 Å². The molecule has 0 saturated carbocycles. The molecule has 0 spiro atoms. The zero-order valence-electron chi connectivity index (χ0n) is 27.3. The zero-order valence-corrected chi connectivity index (χ0v) is 27.3. The average Bonchev–Trinajstić information content (AvgIpc) is 3.02. The predicted molar refractivity (Wildman–Crippen MR) is 187 cm³/mol. The van der Waals surface area contributed by atoms with E-state index in [9.17, 15) is 0 Å². The second-order valence-corrected chi connectivity index (χ2v) is 13.1. The first kappa shape index (κ1) is 30.7. The van der Waals surface area contributed by atoms with Gasteiger partial charge in [-0.15, -0.1) is 0 Å². The molecule has 0 fully saturated rings. The molecule has 0 saturated heterocycles. The molecule has 0 aliphatic carbocycles. The SMILES string of the molecule is COc1ccc(N(c2ccc(-c3ccc(N(c4ccc(OC)cc4)C(C)(C)C)cc3)cc2)c2cccc(C(C)(C)C)c2)cc1. The van der Waals surface area contributed by atoms with E-state index >= 15 is 0 Å². The van der Waals surface area contributed by atoms with Crippen LogP contribution in [0.1, 0.15) is 47.1 Å². The smallest absolute Gasteiger partial charge is 0.119 e. The second-order valence-electron chi connectivity index (χ2n) is 13.1. The van der Waals surface area contributed by atoms with Gasteiger partial charge in [-0.3, -0.25) is 0 Å². The maximum absolute atomic E-state index is 5.44. The number of anilines is 5. The lowest BCUT2D eigenvalue weighted by Crippen LogP contribution is -2.37. The normalized spacial score (nSPS) is 11.6. The molecule has 0 aliphatic heterocycles. The highest BCUT2D eigenvalue weighted by Crippen LogP contribution is 2.39. The first-order chi connectivity index (χ1) is 21.0. The summed E-state index contributed by atoms with van der Waals surface area (Å²) < 4.78 is 10.8. The molecule has 226 valence electrons. The Morgan fingerprint density at radius 2 is 0.864 bits per heavy atom. The summed E-state index contributed by atoms with van der Waals surface area (Å²) in [6.45, 7) is 13.5. The highest BCUT2D eigenvalue weighted by Gasteiger charge is 2.24. The van der Waals surface area contributed by atoms with Gasteiger partial charge >= 0.3 is 0 Å². The fraction of sp³-hybridized carbons (Fsp3) is 0.250. The Kier molecular flexibility index (Phi) is 8.73. The van der Waals surface area contributed by atoms with Gasteiger partial charge in [-0.25, -0.2) is 0 Å². The number of hydrogen-bond donors (Lipinski definition) is 0. The molecular formula is C40H44N2O2. The number of ether oxygens (including phenoxy) is 2. The van der Waals surface area contributed by atoms with E-state index in [0.717, 1.165) is 39.9 Å². The molecule has 0 bridgehead atoms. The molecule has 4 heteroatoms. The molecule has 0 amide bonds. The van der Waals surface area contributed by atoms with Crippen molar-refractivity contribution in [3.8, 4) is 22.6 Å². The molecule has 0 unspecified atom stereocenters. The van der Waals surface area contributed by atoms with Gasteiger partial charge in [-0.05, 0) is 128 Å².